The summed E-state index contributed by atoms with van der Waals surface area (Å²) in [6.45, 7) is 0.275. The second-order valence-electron chi connectivity index (χ2n) is 8.79. The van der Waals surface area contributed by atoms with Crippen LogP contribution in [0.2, 0.25) is 0 Å². The largest absolute Gasteiger partial charge is 0.485 e. The Kier molecular flexibility index (Phi) is 5.75. The molecule has 6 nitrogen and oxygen atoms in total. The molecule has 6 heteroatoms. The molecule has 0 spiro atoms. The van der Waals surface area contributed by atoms with Gasteiger partial charge in [-0.15, -0.1) is 10.2 Å². The fraction of sp³-hybridized carbons (Fsp3) is 0.100. The number of rotatable bonds is 7. The monoisotopic (exact) mass is 471 g/mol. The van der Waals surface area contributed by atoms with Crippen molar-refractivity contribution < 1.29 is 4.74 Å². The molecule has 1 N–H and O–H groups in total. The first-order valence-electron chi connectivity index (χ1n) is 11.9. The highest BCUT2D eigenvalue weighted by molar-refractivity contribution is 5.95. The molecule has 176 valence electrons. The Hall–Kier alpha value is -4.71. The standard InChI is InChI=1S/C30H25N5O/c1-35-28-17-14-24(22-12-15-25(16-13-22)36-20-29-31-33-34-32-29)19-26(28)27(18-21-8-4-2-5-9-21)30(35)23-10-6-3-7-11-23/h2-17,19H,18,20H2,1H3,(H,31,32,33,34). The van der Waals surface area contributed by atoms with Crippen molar-refractivity contribution in [2.24, 2.45) is 7.05 Å². The number of aromatic amines is 1. The highest BCUT2D eigenvalue weighted by Crippen LogP contribution is 2.37. The van der Waals surface area contributed by atoms with E-state index in [0.717, 1.165) is 17.7 Å². The van der Waals surface area contributed by atoms with E-state index in [1.54, 1.807) is 0 Å². The average molecular weight is 472 g/mol. The Morgan fingerprint density at radius 3 is 2.22 bits per heavy atom. The van der Waals surface area contributed by atoms with E-state index < -0.39 is 0 Å². The topological polar surface area (TPSA) is 68.6 Å². The van der Waals surface area contributed by atoms with Gasteiger partial charge in [0.25, 0.3) is 0 Å². The number of nitrogens with zero attached hydrogens (tertiary/aromatic N) is 4. The summed E-state index contributed by atoms with van der Waals surface area (Å²) in [6, 6.07) is 36.2. The van der Waals surface area contributed by atoms with Gasteiger partial charge in [-0.25, -0.2) is 0 Å². The van der Waals surface area contributed by atoms with Crippen molar-refractivity contribution in [3.05, 3.63) is 120 Å². The summed E-state index contributed by atoms with van der Waals surface area (Å²) in [7, 11) is 2.16. The first-order chi connectivity index (χ1) is 17.8. The van der Waals surface area contributed by atoms with Gasteiger partial charge in [0.2, 0.25) is 5.82 Å². The molecule has 36 heavy (non-hydrogen) atoms. The number of H-pyrrole nitrogens is 1. The van der Waals surface area contributed by atoms with Gasteiger partial charge < -0.3 is 9.30 Å². The summed E-state index contributed by atoms with van der Waals surface area (Å²) >= 11 is 0. The van der Waals surface area contributed by atoms with Crippen molar-refractivity contribution in [3.8, 4) is 28.1 Å². The fourth-order valence-electron chi connectivity index (χ4n) is 4.78. The molecule has 0 radical (unpaired) electrons. The summed E-state index contributed by atoms with van der Waals surface area (Å²) in [5.41, 5.74) is 8.67. The van der Waals surface area contributed by atoms with Crippen LogP contribution in [-0.2, 0) is 20.1 Å². The second-order valence-corrected chi connectivity index (χ2v) is 8.79. The molecule has 0 bridgehead atoms. The molecule has 0 unspecified atom stereocenters. The molecule has 6 rings (SSSR count). The maximum absolute atomic E-state index is 5.78. The molecular weight excluding hydrogens is 446 g/mol. The molecule has 0 aliphatic rings. The summed E-state index contributed by atoms with van der Waals surface area (Å²) in [6.07, 6.45) is 0.870. The minimum Gasteiger partial charge on any atom is -0.485 e. The zero-order chi connectivity index (χ0) is 24.3. The van der Waals surface area contributed by atoms with Gasteiger partial charge in [-0.1, -0.05) is 84.1 Å². The number of aromatic nitrogens is 5. The van der Waals surface area contributed by atoms with E-state index in [0.29, 0.717) is 5.82 Å². The number of ether oxygens (including phenoxy) is 1. The van der Waals surface area contributed by atoms with Crippen LogP contribution >= 0.6 is 0 Å². The lowest BCUT2D eigenvalue weighted by atomic mass is 9.96. The molecule has 0 aliphatic heterocycles. The van der Waals surface area contributed by atoms with Crippen LogP contribution in [-0.4, -0.2) is 25.2 Å². The SMILES string of the molecule is Cn1c(-c2ccccc2)c(Cc2ccccc2)c2cc(-c3ccc(OCc4nn[nH]n4)cc3)ccc21. The van der Waals surface area contributed by atoms with E-state index in [2.05, 4.69) is 123 Å². The van der Waals surface area contributed by atoms with Crippen molar-refractivity contribution in [1.82, 2.24) is 25.2 Å². The van der Waals surface area contributed by atoms with Crippen molar-refractivity contribution in [3.63, 3.8) is 0 Å². The van der Waals surface area contributed by atoms with Gasteiger partial charge in [-0.05, 0) is 52.1 Å². The Labute approximate surface area is 209 Å². The van der Waals surface area contributed by atoms with Gasteiger partial charge in [0, 0.05) is 24.4 Å². The lowest BCUT2D eigenvalue weighted by Crippen LogP contribution is -1.97. The third-order valence-electron chi connectivity index (χ3n) is 6.52. The van der Waals surface area contributed by atoms with Crippen LogP contribution in [0.25, 0.3) is 33.3 Å². The number of nitrogens with one attached hydrogen (secondary N) is 1. The summed E-state index contributed by atoms with van der Waals surface area (Å²) in [4.78, 5) is 0. The minimum absolute atomic E-state index is 0.275. The number of benzene rings is 4. The lowest BCUT2D eigenvalue weighted by molar-refractivity contribution is 0.296. The normalized spacial score (nSPS) is 11.1. The van der Waals surface area contributed by atoms with Crippen LogP contribution in [0, 0.1) is 0 Å². The van der Waals surface area contributed by atoms with E-state index in [-0.39, 0.29) is 6.61 Å². The van der Waals surface area contributed by atoms with Gasteiger partial charge in [-0.2, -0.15) is 5.21 Å². The Morgan fingerprint density at radius 2 is 1.50 bits per heavy atom. The third kappa shape index (κ3) is 4.25. The molecule has 0 fully saturated rings. The van der Waals surface area contributed by atoms with Crippen LogP contribution in [0.4, 0.5) is 0 Å². The molecular formula is C30H25N5O. The highest BCUT2D eigenvalue weighted by Gasteiger charge is 2.18. The second kappa shape index (κ2) is 9.50. The molecule has 2 heterocycles. The molecule has 6 aromatic rings. The van der Waals surface area contributed by atoms with Gasteiger partial charge in [0.1, 0.15) is 5.75 Å². The van der Waals surface area contributed by atoms with Crippen molar-refractivity contribution in [2.45, 2.75) is 13.0 Å². The Morgan fingerprint density at radius 1 is 0.778 bits per heavy atom. The maximum atomic E-state index is 5.78. The van der Waals surface area contributed by atoms with Crippen molar-refractivity contribution in [2.75, 3.05) is 0 Å². The summed E-state index contributed by atoms with van der Waals surface area (Å²) in [5, 5.41) is 15.1. The molecule has 0 atom stereocenters. The van der Waals surface area contributed by atoms with Crippen LogP contribution in [0.15, 0.2) is 103 Å². The lowest BCUT2D eigenvalue weighted by Gasteiger charge is -2.09. The van der Waals surface area contributed by atoms with Gasteiger partial charge >= 0.3 is 0 Å². The number of tetrazole rings is 1. The zero-order valence-electron chi connectivity index (χ0n) is 19.9. The number of hydrogen-bond acceptors (Lipinski definition) is 4. The molecule has 0 aliphatic carbocycles. The van der Waals surface area contributed by atoms with E-state index in [1.165, 1.54) is 38.9 Å². The highest BCUT2D eigenvalue weighted by atomic mass is 16.5. The first kappa shape index (κ1) is 21.8. The number of aryl methyl sites for hydroxylation is 1. The van der Waals surface area contributed by atoms with E-state index in [9.17, 15) is 0 Å². The van der Waals surface area contributed by atoms with Gasteiger partial charge in [0.05, 0.1) is 5.69 Å². The van der Waals surface area contributed by atoms with Gasteiger partial charge in [0.15, 0.2) is 6.61 Å². The predicted molar refractivity (Wildman–Crippen MR) is 142 cm³/mol. The van der Waals surface area contributed by atoms with Crippen molar-refractivity contribution in [1.29, 1.82) is 0 Å². The number of hydrogen-bond donors (Lipinski definition) is 1. The number of fused-ring (bicyclic) bond motifs is 1. The van der Waals surface area contributed by atoms with Crippen LogP contribution in [0.3, 0.4) is 0 Å². The molecule has 4 aromatic carbocycles. The quantitative estimate of drug-likeness (QED) is 0.301. The first-order valence-corrected chi connectivity index (χ1v) is 11.9. The Balaban J connectivity index is 1.39. The molecule has 0 saturated heterocycles. The Bertz CT molecular complexity index is 1590. The minimum atomic E-state index is 0.275. The molecule has 0 saturated carbocycles. The smallest absolute Gasteiger partial charge is 0.211 e. The maximum Gasteiger partial charge on any atom is 0.211 e. The summed E-state index contributed by atoms with van der Waals surface area (Å²) in [5.74, 6) is 1.29. The van der Waals surface area contributed by atoms with E-state index in [4.69, 9.17) is 4.74 Å². The predicted octanol–water partition coefficient (Wildman–Crippen LogP) is 6.20. The van der Waals surface area contributed by atoms with Gasteiger partial charge in [-0.3, -0.25) is 0 Å². The fourth-order valence-corrected chi connectivity index (χ4v) is 4.78. The van der Waals surface area contributed by atoms with E-state index in [1.807, 2.05) is 12.1 Å². The van der Waals surface area contributed by atoms with E-state index >= 15 is 0 Å². The van der Waals surface area contributed by atoms with Crippen LogP contribution < -0.4 is 4.74 Å². The summed E-state index contributed by atoms with van der Waals surface area (Å²) < 4.78 is 8.10. The third-order valence-corrected chi connectivity index (χ3v) is 6.52. The average Bonchev–Trinajstić information content (AvgIpc) is 3.55. The van der Waals surface area contributed by atoms with Crippen LogP contribution in [0.5, 0.6) is 5.75 Å². The molecule has 0 amide bonds. The zero-order valence-corrected chi connectivity index (χ0v) is 19.9. The van der Waals surface area contributed by atoms with Crippen molar-refractivity contribution >= 4 is 10.9 Å². The van der Waals surface area contributed by atoms with Crippen LogP contribution in [0.1, 0.15) is 17.0 Å². The molecule has 2 aromatic heterocycles.